The van der Waals surface area contributed by atoms with Crippen LogP contribution < -0.4 is 10.1 Å². The molecule has 0 heterocycles. The number of hydrogen-bond acceptors (Lipinski definition) is 4. The number of halogens is 1. The minimum Gasteiger partial charge on any atom is -0.495 e. The van der Waals surface area contributed by atoms with Crippen molar-refractivity contribution in [1.82, 2.24) is 0 Å². The number of carbonyl (C=O) groups is 1. The molecule has 0 aliphatic rings. The number of methoxy groups -OCH3 is 1. The molecule has 0 aliphatic carbocycles. The number of nitriles is 1. The summed E-state index contributed by atoms with van der Waals surface area (Å²) < 4.78 is 5.86. The number of anilines is 1. The Morgan fingerprint density at radius 1 is 1.33 bits per heavy atom. The summed E-state index contributed by atoms with van der Waals surface area (Å²) in [6, 6.07) is 12.0. The molecule has 21 heavy (non-hydrogen) atoms. The SMILES string of the molecule is COc1cc(C#N)ccc1NC(=O)c1cc(S)ccc1Br. The number of benzene rings is 2. The molecule has 0 aliphatic heterocycles. The number of hydrogen-bond donors (Lipinski definition) is 2. The Bertz CT molecular complexity index is 741. The highest BCUT2D eigenvalue weighted by Gasteiger charge is 2.13. The number of ether oxygens (including phenoxy) is 1. The molecule has 2 aromatic carbocycles. The zero-order valence-electron chi connectivity index (χ0n) is 11.1. The molecule has 2 aromatic rings. The smallest absolute Gasteiger partial charge is 0.256 e. The molecule has 4 nitrogen and oxygen atoms in total. The van der Waals surface area contributed by atoms with Gasteiger partial charge in [-0.1, -0.05) is 0 Å². The first-order valence-corrected chi connectivity index (χ1v) is 7.17. The summed E-state index contributed by atoms with van der Waals surface area (Å²) in [5.41, 5.74) is 1.43. The van der Waals surface area contributed by atoms with Crippen LogP contribution in [0.3, 0.4) is 0 Å². The molecule has 6 heteroatoms. The second-order valence-corrected chi connectivity index (χ2v) is 5.52. The fourth-order valence-corrected chi connectivity index (χ4v) is 2.37. The van der Waals surface area contributed by atoms with E-state index in [9.17, 15) is 4.79 Å². The largest absolute Gasteiger partial charge is 0.495 e. The highest BCUT2D eigenvalue weighted by Crippen LogP contribution is 2.27. The molecule has 0 radical (unpaired) electrons. The van der Waals surface area contributed by atoms with E-state index >= 15 is 0 Å². The average molecular weight is 363 g/mol. The number of nitrogens with one attached hydrogen (secondary N) is 1. The first-order valence-electron chi connectivity index (χ1n) is 5.93. The molecular formula is C15H11BrN2O2S. The van der Waals surface area contributed by atoms with Crippen LogP contribution in [-0.2, 0) is 0 Å². The predicted octanol–water partition coefficient (Wildman–Crippen LogP) is 3.87. The summed E-state index contributed by atoms with van der Waals surface area (Å²) in [5, 5.41) is 11.6. The maximum Gasteiger partial charge on any atom is 0.256 e. The van der Waals surface area contributed by atoms with Crippen LogP contribution in [0, 0.1) is 11.3 Å². The summed E-state index contributed by atoms with van der Waals surface area (Å²) in [7, 11) is 1.48. The van der Waals surface area contributed by atoms with E-state index in [1.165, 1.54) is 7.11 Å². The molecule has 0 unspecified atom stereocenters. The summed E-state index contributed by atoms with van der Waals surface area (Å²) in [5.74, 6) is 0.140. The van der Waals surface area contributed by atoms with Gasteiger partial charge in [-0.15, -0.1) is 12.6 Å². The van der Waals surface area contributed by atoms with Gasteiger partial charge < -0.3 is 10.1 Å². The Hall–Kier alpha value is -1.97. The minimum absolute atomic E-state index is 0.291. The predicted molar refractivity (Wildman–Crippen MR) is 87.1 cm³/mol. The van der Waals surface area contributed by atoms with Gasteiger partial charge in [-0.2, -0.15) is 5.26 Å². The third-order valence-corrected chi connectivity index (χ3v) is 3.74. The van der Waals surface area contributed by atoms with Gasteiger partial charge in [0.05, 0.1) is 30.0 Å². The lowest BCUT2D eigenvalue weighted by Gasteiger charge is -2.11. The highest BCUT2D eigenvalue weighted by molar-refractivity contribution is 9.10. The van der Waals surface area contributed by atoms with Crippen LogP contribution in [0.25, 0.3) is 0 Å². The molecule has 106 valence electrons. The van der Waals surface area contributed by atoms with Gasteiger partial charge in [0.15, 0.2) is 0 Å². The number of rotatable bonds is 3. The highest BCUT2D eigenvalue weighted by atomic mass is 79.9. The van der Waals surface area contributed by atoms with Crippen LogP contribution in [0.15, 0.2) is 45.8 Å². The van der Waals surface area contributed by atoms with E-state index in [-0.39, 0.29) is 5.91 Å². The number of carbonyl (C=O) groups excluding carboxylic acids is 1. The molecule has 1 amide bonds. The molecule has 0 aromatic heterocycles. The van der Waals surface area contributed by atoms with Gasteiger partial charge in [-0.25, -0.2) is 0 Å². The second-order valence-electron chi connectivity index (χ2n) is 4.15. The van der Waals surface area contributed by atoms with Crippen LogP contribution in [0.5, 0.6) is 5.75 Å². The topological polar surface area (TPSA) is 62.1 Å². The molecule has 0 saturated carbocycles. The van der Waals surface area contributed by atoms with Crippen molar-refractivity contribution < 1.29 is 9.53 Å². The van der Waals surface area contributed by atoms with Crippen molar-refractivity contribution in [1.29, 1.82) is 5.26 Å². The normalized spacial score (nSPS) is 9.81. The molecule has 2 rings (SSSR count). The number of thiol groups is 1. The van der Waals surface area contributed by atoms with Crippen LogP contribution in [0.2, 0.25) is 0 Å². The van der Waals surface area contributed by atoms with Gasteiger partial charge in [0.1, 0.15) is 5.75 Å². The lowest BCUT2D eigenvalue weighted by Crippen LogP contribution is -2.13. The van der Waals surface area contributed by atoms with Crippen molar-refractivity contribution in [3.63, 3.8) is 0 Å². The third-order valence-electron chi connectivity index (χ3n) is 2.77. The van der Waals surface area contributed by atoms with E-state index in [0.29, 0.717) is 31.9 Å². The van der Waals surface area contributed by atoms with E-state index in [1.54, 1.807) is 36.4 Å². The monoisotopic (exact) mass is 362 g/mol. The van der Waals surface area contributed by atoms with Gasteiger partial charge >= 0.3 is 0 Å². The van der Waals surface area contributed by atoms with Crippen molar-refractivity contribution in [3.8, 4) is 11.8 Å². The zero-order chi connectivity index (χ0) is 15.4. The second kappa shape index (κ2) is 6.66. The summed E-state index contributed by atoms with van der Waals surface area (Å²) >= 11 is 7.56. The fraction of sp³-hybridized carbons (Fsp3) is 0.0667. The van der Waals surface area contributed by atoms with Crippen LogP contribution in [0.1, 0.15) is 15.9 Å². The first kappa shape index (κ1) is 15.4. The maximum atomic E-state index is 12.3. The molecule has 0 fully saturated rings. The Morgan fingerprint density at radius 2 is 2.10 bits per heavy atom. The standard InChI is InChI=1S/C15H11BrN2O2S/c1-20-14-6-9(8-17)2-5-13(14)18-15(19)11-7-10(21)3-4-12(11)16/h2-7,21H,1H3,(H,18,19). The molecule has 0 saturated heterocycles. The summed E-state index contributed by atoms with van der Waals surface area (Å²) in [6.45, 7) is 0. The van der Waals surface area contributed by atoms with Crippen molar-refractivity contribution in [2.75, 3.05) is 12.4 Å². The zero-order valence-corrected chi connectivity index (χ0v) is 13.5. The fourth-order valence-electron chi connectivity index (χ4n) is 1.74. The minimum atomic E-state index is -0.291. The average Bonchev–Trinajstić information content (AvgIpc) is 2.49. The molecule has 1 N–H and O–H groups in total. The van der Waals surface area contributed by atoms with Gasteiger partial charge in [0.25, 0.3) is 5.91 Å². The number of amides is 1. The van der Waals surface area contributed by atoms with Gasteiger partial charge in [0.2, 0.25) is 0 Å². The third kappa shape index (κ3) is 3.57. The lowest BCUT2D eigenvalue weighted by atomic mass is 10.1. The van der Waals surface area contributed by atoms with Crippen molar-refractivity contribution in [2.45, 2.75) is 4.90 Å². The van der Waals surface area contributed by atoms with Crippen molar-refractivity contribution >= 4 is 40.2 Å². The number of nitrogens with zero attached hydrogens (tertiary/aromatic N) is 1. The Kier molecular flexibility index (Phi) is 4.89. The van der Waals surface area contributed by atoms with Crippen molar-refractivity contribution in [3.05, 3.63) is 52.0 Å². The van der Waals surface area contributed by atoms with Gasteiger partial charge in [-0.05, 0) is 46.3 Å². The Morgan fingerprint density at radius 3 is 2.76 bits per heavy atom. The van der Waals surface area contributed by atoms with Gasteiger partial charge in [0, 0.05) is 15.4 Å². The Balaban J connectivity index is 2.32. The summed E-state index contributed by atoms with van der Waals surface area (Å²) in [4.78, 5) is 13.0. The van der Waals surface area contributed by atoms with E-state index in [0.717, 1.165) is 0 Å². The van der Waals surface area contributed by atoms with E-state index in [2.05, 4.69) is 33.9 Å². The first-order chi connectivity index (χ1) is 10.0. The quantitative estimate of drug-likeness (QED) is 0.814. The molecule has 0 atom stereocenters. The molecule has 0 bridgehead atoms. The lowest BCUT2D eigenvalue weighted by molar-refractivity contribution is 0.102. The summed E-state index contributed by atoms with van der Waals surface area (Å²) in [6.07, 6.45) is 0. The molecular weight excluding hydrogens is 352 g/mol. The molecule has 0 spiro atoms. The van der Waals surface area contributed by atoms with E-state index in [4.69, 9.17) is 10.00 Å². The van der Waals surface area contributed by atoms with Crippen molar-refractivity contribution in [2.24, 2.45) is 0 Å². The van der Waals surface area contributed by atoms with Crippen LogP contribution in [0.4, 0.5) is 5.69 Å². The van der Waals surface area contributed by atoms with Crippen LogP contribution in [-0.4, -0.2) is 13.0 Å². The van der Waals surface area contributed by atoms with Gasteiger partial charge in [-0.3, -0.25) is 4.79 Å². The van der Waals surface area contributed by atoms with Crippen LogP contribution >= 0.6 is 28.6 Å². The maximum absolute atomic E-state index is 12.3. The Labute approximate surface area is 136 Å². The van der Waals surface area contributed by atoms with E-state index in [1.807, 2.05) is 6.07 Å². The van der Waals surface area contributed by atoms with E-state index < -0.39 is 0 Å².